The van der Waals surface area contributed by atoms with E-state index in [4.69, 9.17) is 5.26 Å². The summed E-state index contributed by atoms with van der Waals surface area (Å²) in [6, 6.07) is 1.93. The highest BCUT2D eigenvalue weighted by Gasteiger charge is 2.15. The summed E-state index contributed by atoms with van der Waals surface area (Å²) in [5.74, 6) is -0.585. The molecule has 0 aliphatic carbocycles. The van der Waals surface area contributed by atoms with Gasteiger partial charge in [-0.1, -0.05) is 13.3 Å². The predicted molar refractivity (Wildman–Crippen MR) is 47.3 cm³/mol. The minimum Gasteiger partial charge on any atom is -0.345 e. The van der Waals surface area contributed by atoms with Crippen LogP contribution in [0, 0.1) is 17.2 Å². The number of nitriles is 1. The van der Waals surface area contributed by atoms with Gasteiger partial charge >= 0.3 is 0 Å². The van der Waals surface area contributed by atoms with Crippen LogP contribution in [-0.4, -0.2) is 24.4 Å². The fourth-order valence-corrected chi connectivity index (χ4v) is 0.891. The summed E-state index contributed by atoms with van der Waals surface area (Å²) in [5, 5.41) is 8.48. The summed E-state index contributed by atoms with van der Waals surface area (Å²) in [5.41, 5.74) is 0. The van der Waals surface area contributed by atoms with Gasteiger partial charge in [-0.2, -0.15) is 5.26 Å². The average Bonchev–Trinajstić information content (AvgIpc) is 2.11. The Balaban J connectivity index is 3.86. The van der Waals surface area contributed by atoms with E-state index in [0.29, 0.717) is 0 Å². The van der Waals surface area contributed by atoms with Crippen molar-refractivity contribution in [1.29, 1.82) is 5.26 Å². The molecule has 1 unspecified atom stereocenters. The Morgan fingerprint density at radius 1 is 1.67 bits per heavy atom. The Hall–Kier alpha value is -1.04. The Kier molecular flexibility index (Phi) is 5.11. The summed E-state index contributed by atoms with van der Waals surface area (Å²) in [6.07, 6.45) is 2.07. The summed E-state index contributed by atoms with van der Waals surface area (Å²) in [6.45, 7) is 4.46. The molecule has 0 rings (SSSR count). The summed E-state index contributed by atoms with van der Waals surface area (Å²) >= 11 is 0. The van der Waals surface area contributed by atoms with Crippen molar-refractivity contribution in [2.45, 2.75) is 26.7 Å². The number of nitrogens with zero attached hydrogens (tertiary/aromatic N) is 2. The zero-order chi connectivity index (χ0) is 9.56. The van der Waals surface area contributed by atoms with Crippen molar-refractivity contribution in [2.75, 3.05) is 13.6 Å². The van der Waals surface area contributed by atoms with Crippen molar-refractivity contribution in [1.82, 2.24) is 4.90 Å². The van der Waals surface area contributed by atoms with Crippen LogP contribution in [0.3, 0.4) is 0 Å². The van der Waals surface area contributed by atoms with Gasteiger partial charge in [-0.3, -0.25) is 4.79 Å². The quantitative estimate of drug-likeness (QED) is 0.637. The van der Waals surface area contributed by atoms with Gasteiger partial charge in [0, 0.05) is 13.6 Å². The molecule has 1 atom stereocenters. The van der Waals surface area contributed by atoms with Crippen LogP contribution in [0.1, 0.15) is 26.7 Å². The summed E-state index contributed by atoms with van der Waals surface area (Å²) in [7, 11) is 1.74. The lowest BCUT2D eigenvalue weighted by molar-refractivity contribution is -0.132. The van der Waals surface area contributed by atoms with Crippen LogP contribution in [0.2, 0.25) is 0 Å². The van der Waals surface area contributed by atoms with Crippen LogP contribution >= 0.6 is 0 Å². The number of hydrogen-bond acceptors (Lipinski definition) is 2. The van der Waals surface area contributed by atoms with Crippen LogP contribution in [-0.2, 0) is 4.79 Å². The van der Waals surface area contributed by atoms with E-state index in [1.807, 2.05) is 6.07 Å². The molecule has 0 aromatic carbocycles. The molecule has 0 N–H and O–H groups in total. The topological polar surface area (TPSA) is 44.1 Å². The minimum atomic E-state index is -0.508. The van der Waals surface area contributed by atoms with E-state index in [1.54, 1.807) is 18.9 Å². The molecule has 3 heteroatoms. The summed E-state index contributed by atoms with van der Waals surface area (Å²) < 4.78 is 0. The average molecular weight is 168 g/mol. The van der Waals surface area contributed by atoms with Gasteiger partial charge in [0.1, 0.15) is 5.92 Å². The van der Waals surface area contributed by atoms with E-state index in [-0.39, 0.29) is 5.91 Å². The normalized spacial score (nSPS) is 11.8. The Morgan fingerprint density at radius 2 is 2.25 bits per heavy atom. The third-order valence-corrected chi connectivity index (χ3v) is 1.79. The van der Waals surface area contributed by atoms with E-state index in [9.17, 15) is 4.79 Å². The smallest absolute Gasteiger partial charge is 0.239 e. The molecule has 0 aromatic heterocycles. The molecule has 0 aromatic rings. The first kappa shape index (κ1) is 11.0. The number of amides is 1. The van der Waals surface area contributed by atoms with Gasteiger partial charge in [-0.15, -0.1) is 0 Å². The van der Waals surface area contributed by atoms with Crippen LogP contribution in [0.5, 0.6) is 0 Å². The first-order valence-electron chi connectivity index (χ1n) is 4.28. The maximum absolute atomic E-state index is 11.3. The molecule has 1 amide bonds. The molecular formula is C9H16N2O. The van der Waals surface area contributed by atoms with Crippen LogP contribution in [0.15, 0.2) is 0 Å². The van der Waals surface area contributed by atoms with E-state index in [2.05, 4.69) is 6.92 Å². The fourth-order valence-electron chi connectivity index (χ4n) is 0.891. The molecule has 0 aliphatic rings. The van der Waals surface area contributed by atoms with Crippen molar-refractivity contribution < 1.29 is 4.79 Å². The molecule has 12 heavy (non-hydrogen) atoms. The third-order valence-electron chi connectivity index (χ3n) is 1.79. The number of rotatable bonds is 4. The Morgan fingerprint density at radius 3 is 2.67 bits per heavy atom. The number of carbonyl (C=O) groups excluding carboxylic acids is 1. The zero-order valence-corrected chi connectivity index (χ0v) is 8.00. The molecule has 0 fully saturated rings. The van der Waals surface area contributed by atoms with E-state index in [1.165, 1.54) is 0 Å². The van der Waals surface area contributed by atoms with Crippen molar-refractivity contribution in [3.8, 4) is 6.07 Å². The van der Waals surface area contributed by atoms with Crippen molar-refractivity contribution >= 4 is 5.91 Å². The van der Waals surface area contributed by atoms with Gasteiger partial charge in [0.15, 0.2) is 0 Å². The first-order chi connectivity index (χ1) is 5.63. The molecule has 0 aliphatic heterocycles. The monoisotopic (exact) mass is 168 g/mol. The predicted octanol–water partition coefficient (Wildman–Crippen LogP) is 1.40. The molecule has 0 bridgehead atoms. The highest BCUT2D eigenvalue weighted by Crippen LogP contribution is 2.00. The first-order valence-corrected chi connectivity index (χ1v) is 4.28. The maximum atomic E-state index is 11.3. The van der Waals surface area contributed by atoms with Crippen LogP contribution in [0.25, 0.3) is 0 Å². The largest absolute Gasteiger partial charge is 0.345 e. The lowest BCUT2D eigenvalue weighted by Gasteiger charge is -2.17. The second kappa shape index (κ2) is 5.59. The lowest BCUT2D eigenvalue weighted by Crippen LogP contribution is -2.31. The molecule has 0 heterocycles. The number of unbranched alkanes of at least 4 members (excludes halogenated alkanes) is 1. The SMILES string of the molecule is CCCCN(C)C(=O)C(C)C#N. The van der Waals surface area contributed by atoms with Crippen molar-refractivity contribution in [3.63, 3.8) is 0 Å². The molecule has 0 saturated carbocycles. The highest BCUT2D eigenvalue weighted by atomic mass is 16.2. The number of hydrogen-bond donors (Lipinski definition) is 0. The van der Waals surface area contributed by atoms with E-state index < -0.39 is 5.92 Å². The number of carbonyl (C=O) groups is 1. The Labute approximate surface area is 74.0 Å². The maximum Gasteiger partial charge on any atom is 0.239 e. The van der Waals surface area contributed by atoms with Gasteiger partial charge < -0.3 is 4.90 Å². The van der Waals surface area contributed by atoms with Crippen molar-refractivity contribution in [2.24, 2.45) is 5.92 Å². The standard InChI is InChI=1S/C9H16N2O/c1-4-5-6-11(3)9(12)8(2)7-10/h8H,4-6H2,1-3H3. The van der Waals surface area contributed by atoms with Crippen LogP contribution in [0.4, 0.5) is 0 Å². The lowest BCUT2D eigenvalue weighted by atomic mass is 10.2. The van der Waals surface area contributed by atoms with E-state index >= 15 is 0 Å². The third kappa shape index (κ3) is 3.38. The molecular weight excluding hydrogens is 152 g/mol. The van der Waals surface area contributed by atoms with E-state index in [0.717, 1.165) is 19.4 Å². The molecule has 0 saturated heterocycles. The van der Waals surface area contributed by atoms with Gasteiger partial charge in [0.05, 0.1) is 6.07 Å². The van der Waals surface area contributed by atoms with Crippen molar-refractivity contribution in [3.05, 3.63) is 0 Å². The second-order valence-corrected chi connectivity index (χ2v) is 2.96. The summed E-state index contributed by atoms with van der Waals surface area (Å²) in [4.78, 5) is 12.9. The van der Waals surface area contributed by atoms with Gasteiger partial charge in [0.2, 0.25) is 5.91 Å². The second-order valence-electron chi connectivity index (χ2n) is 2.96. The molecule has 68 valence electrons. The van der Waals surface area contributed by atoms with Crippen LogP contribution < -0.4 is 0 Å². The molecule has 3 nitrogen and oxygen atoms in total. The zero-order valence-electron chi connectivity index (χ0n) is 8.00. The highest BCUT2D eigenvalue weighted by molar-refractivity contribution is 5.80. The van der Waals surface area contributed by atoms with Gasteiger partial charge in [0.25, 0.3) is 0 Å². The fraction of sp³-hybridized carbons (Fsp3) is 0.778. The molecule has 0 radical (unpaired) electrons. The van der Waals surface area contributed by atoms with Gasteiger partial charge in [-0.05, 0) is 13.3 Å². The minimum absolute atomic E-state index is 0.0778. The Bertz CT molecular complexity index is 183. The molecule has 0 spiro atoms. The van der Waals surface area contributed by atoms with Gasteiger partial charge in [-0.25, -0.2) is 0 Å².